The molecule has 0 spiro atoms. The van der Waals surface area contributed by atoms with E-state index < -0.39 is 12.4 Å². The van der Waals surface area contributed by atoms with Gasteiger partial charge >= 0.3 is 6.36 Å². The van der Waals surface area contributed by atoms with E-state index in [0.717, 1.165) is 17.7 Å². The molecule has 1 saturated heterocycles. The van der Waals surface area contributed by atoms with Crippen LogP contribution in [0.5, 0.6) is 17.2 Å². The molecule has 0 radical (unpaired) electrons. The number of halogens is 3. The quantitative estimate of drug-likeness (QED) is 0.678. The number of anilines is 1. The average molecular weight is 411 g/mol. The second-order valence-corrected chi connectivity index (χ2v) is 6.30. The summed E-state index contributed by atoms with van der Waals surface area (Å²) in [5.74, 6) is 0.605. The van der Waals surface area contributed by atoms with Crippen LogP contribution in [-0.4, -0.2) is 32.5 Å². The molecule has 1 aliphatic rings. The Kier molecular flexibility index (Phi) is 6.14. The van der Waals surface area contributed by atoms with Crippen LogP contribution in [0.2, 0.25) is 0 Å². The van der Waals surface area contributed by atoms with E-state index in [4.69, 9.17) is 9.47 Å². The Morgan fingerprint density at radius 2 is 1.72 bits per heavy atom. The van der Waals surface area contributed by atoms with E-state index in [2.05, 4.69) is 20.9 Å². The summed E-state index contributed by atoms with van der Waals surface area (Å²) in [6.07, 6.45) is -4.31. The number of benzene rings is 2. The van der Waals surface area contributed by atoms with E-state index in [-0.39, 0.29) is 17.7 Å². The highest BCUT2D eigenvalue weighted by Gasteiger charge is 2.32. The highest BCUT2D eigenvalue weighted by molar-refractivity contribution is 5.95. The molecule has 0 aromatic heterocycles. The van der Waals surface area contributed by atoms with Gasteiger partial charge in [-0.1, -0.05) is 6.07 Å². The molecule has 29 heavy (non-hydrogen) atoms. The van der Waals surface area contributed by atoms with Gasteiger partial charge in [0, 0.05) is 17.3 Å². The number of amides is 1. The molecule has 0 bridgehead atoms. The van der Waals surface area contributed by atoms with Crippen molar-refractivity contribution in [3.05, 3.63) is 48.0 Å². The zero-order chi connectivity index (χ0) is 21.0. The largest absolute Gasteiger partial charge is 0.573 e. The summed E-state index contributed by atoms with van der Waals surface area (Å²) in [5, 5.41) is 2.66. The topological polar surface area (TPSA) is 80.9 Å². The van der Waals surface area contributed by atoms with Crippen LogP contribution in [0.1, 0.15) is 18.0 Å². The molecule has 1 aliphatic heterocycles. The van der Waals surface area contributed by atoms with Crippen LogP contribution in [0.4, 0.5) is 18.9 Å². The summed E-state index contributed by atoms with van der Waals surface area (Å²) < 4.78 is 51.0. The molecule has 0 aliphatic carbocycles. The Morgan fingerprint density at radius 3 is 2.34 bits per heavy atom. The van der Waals surface area contributed by atoms with Crippen LogP contribution in [0.15, 0.2) is 42.5 Å². The van der Waals surface area contributed by atoms with Crippen LogP contribution >= 0.6 is 0 Å². The first-order chi connectivity index (χ1) is 13.8. The molecule has 2 aromatic carbocycles. The average Bonchev–Trinajstić information content (AvgIpc) is 3.18. The molecule has 1 fully saturated rings. The summed E-state index contributed by atoms with van der Waals surface area (Å²) in [6.45, 7) is 0. The van der Waals surface area contributed by atoms with Crippen LogP contribution in [-0.2, 0) is 4.79 Å². The van der Waals surface area contributed by atoms with Crippen molar-refractivity contribution in [1.29, 1.82) is 0 Å². The second-order valence-electron chi connectivity index (χ2n) is 6.30. The lowest BCUT2D eigenvalue weighted by Gasteiger charge is -2.15. The van der Waals surface area contributed by atoms with E-state index in [0.29, 0.717) is 23.6 Å². The predicted octanol–water partition coefficient (Wildman–Crippen LogP) is 3.15. The van der Waals surface area contributed by atoms with Crippen molar-refractivity contribution >= 4 is 11.6 Å². The monoisotopic (exact) mass is 411 g/mol. The molecule has 2 unspecified atom stereocenters. The second kappa shape index (κ2) is 8.58. The molecule has 0 saturated carbocycles. The maximum Gasteiger partial charge on any atom is 0.573 e. The molecule has 2 aromatic rings. The smallest absolute Gasteiger partial charge is 0.497 e. The van der Waals surface area contributed by atoms with E-state index in [1.54, 1.807) is 26.4 Å². The van der Waals surface area contributed by atoms with Crippen molar-refractivity contribution in [3.8, 4) is 17.2 Å². The first kappa shape index (κ1) is 20.7. The lowest BCUT2D eigenvalue weighted by molar-refractivity contribution is -0.274. The van der Waals surface area contributed by atoms with E-state index in [9.17, 15) is 18.0 Å². The fourth-order valence-corrected chi connectivity index (χ4v) is 3.01. The standard InChI is InChI=1S/C19H20F3N3O4/c1-27-13-7-8-14(17(9-13)28-2)15-10-16(25-24-15)18(26)23-11-3-5-12(6-4-11)29-19(20,21)22/h3-9,15-16,24-25H,10H2,1-2H3,(H,23,26). The normalized spacial score (nSPS) is 18.9. The van der Waals surface area contributed by atoms with E-state index in [1.165, 1.54) is 12.1 Å². The molecule has 3 N–H and O–H groups in total. The molecule has 7 nitrogen and oxygen atoms in total. The van der Waals surface area contributed by atoms with Gasteiger partial charge in [0.1, 0.15) is 23.3 Å². The van der Waals surface area contributed by atoms with Gasteiger partial charge < -0.3 is 19.5 Å². The number of ether oxygens (including phenoxy) is 3. The minimum Gasteiger partial charge on any atom is -0.497 e. The number of hydrogen-bond acceptors (Lipinski definition) is 6. The van der Waals surface area contributed by atoms with Crippen LogP contribution < -0.4 is 30.4 Å². The highest BCUT2D eigenvalue weighted by atomic mass is 19.4. The third kappa shape index (κ3) is 5.30. The molecule has 3 rings (SSSR count). The molecular formula is C19H20F3N3O4. The summed E-state index contributed by atoms with van der Waals surface area (Å²) in [5.41, 5.74) is 7.21. The zero-order valence-electron chi connectivity index (χ0n) is 15.7. The zero-order valence-corrected chi connectivity index (χ0v) is 15.7. The van der Waals surface area contributed by atoms with Crippen molar-refractivity contribution in [1.82, 2.24) is 10.9 Å². The van der Waals surface area contributed by atoms with Crippen molar-refractivity contribution in [2.24, 2.45) is 0 Å². The Hall–Kier alpha value is -2.98. The minimum absolute atomic E-state index is 0.172. The molecule has 1 heterocycles. The van der Waals surface area contributed by atoms with Crippen LogP contribution in [0, 0.1) is 0 Å². The lowest BCUT2D eigenvalue weighted by atomic mass is 10.0. The van der Waals surface area contributed by atoms with Gasteiger partial charge in [0.05, 0.1) is 20.3 Å². The SMILES string of the molecule is COc1ccc(C2CC(C(=O)Nc3ccc(OC(F)(F)F)cc3)NN2)c(OC)c1. The number of hydrogen-bond donors (Lipinski definition) is 3. The first-order valence-corrected chi connectivity index (χ1v) is 8.68. The van der Waals surface area contributed by atoms with Gasteiger partial charge in [-0.05, 0) is 36.8 Å². The summed E-state index contributed by atoms with van der Waals surface area (Å²) in [6, 6.07) is 9.65. The third-order valence-corrected chi connectivity index (χ3v) is 4.39. The lowest BCUT2D eigenvalue weighted by Crippen LogP contribution is -2.39. The first-order valence-electron chi connectivity index (χ1n) is 8.68. The van der Waals surface area contributed by atoms with Gasteiger partial charge in [-0.3, -0.25) is 4.79 Å². The molecule has 1 amide bonds. The van der Waals surface area contributed by atoms with Crippen LogP contribution in [0.3, 0.4) is 0 Å². The maximum absolute atomic E-state index is 12.5. The van der Waals surface area contributed by atoms with Crippen LogP contribution in [0.25, 0.3) is 0 Å². The Bertz CT molecular complexity index is 859. The predicted molar refractivity (Wildman–Crippen MR) is 98.7 cm³/mol. The Labute approximate surface area is 165 Å². The molecule has 10 heteroatoms. The van der Waals surface area contributed by atoms with Crippen molar-refractivity contribution < 1.29 is 32.2 Å². The number of alkyl halides is 3. The highest BCUT2D eigenvalue weighted by Crippen LogP contribution is 2.33. The Morgan fingerprint density at radius 1 is 1.03 bits per heavy atom. The van der Waals surface area contributed by atoms with Gasteiger partial charge in [-0.2, -0.15) is 0 Å². The van der Waals surface area contributed by atoms with Gasteiger partial charge in [-0.15, -0.1) is 13.2 Å². The van der Waals surface area contributed by atoms with Crippen molar-refractivity contribution in [2.75, 3.05) is 19.5 Å². The number of nitrogens with one attached hydrogen (secondary N) is 3. The van der Waals surface area contributed by atoms with Crippen molar-refractivity contribution in [2.45, 2.75) is 24.9 Å². The fourth-order valence-electron chi connectivity index (χ4n) is 3.01. The number of hydrazine groups is 1. The summed E-state index contributed by atoms with van der Waals surface area (Å²) >= 11 is 0. The summed E-state index contributed by atoms with van der Waals surface area (Å²) in [4.78, 5) is 12.5. The van der Waals surface area contributed by atoms with Gasteiger partial charge in [0.25, 0.3) is 0 Å². The molecular weight excluding hydrogens is 391 g/mol. The number of carbonyl (C=O) groups excluding carboxylic acids is 1. The third-order valence-electron chi connectivity index (χ3n) is 4.39. The van der Waals surface area contributed by atoms with Gasteiger partial charge in [0.2, 0.25) is 5.91 Å². The Balaban J connectivity index is 1.61. The van der Waals surface area contributed by atoms with Gasteiger partial charge in [0.15, 0.2) is 0 Å². The van der Waals surface area contributed by atoms with Gasteiger partial charge in [-0.25, -0.2) is 10.9 Å². The number of rotatable bonds is 6. The summed E-state index contributed by atoms with van der Waals surface area (Å²) in [7, 11) is 3.11. The van der Waals surface area contributed by atoms with E-state index >= 15 is 0 Å². The fraction of sp³-hybridized carbons (Fsp3) is 0.316. The van der Waals surface area contributed by atoms with E-state index in [1.807, 2.05) is 6.07 Å². The minimum atomic E-state index is -4.76. The number of methoxy groups -OCH3 is 2. The maximum atomic E-state index is 12.5. The number of carbonyl (C=O) groups is 1. The molecule has 156 valence electrons. The van der Waals surface area contributed by atoms with Crippen molar-refractivity contribution in [3.63, 3.8) is 0 Å². The molecule has 2 atom stereocenters.